The average molecular weight is 356 g/mol. The molecule has 0 saturated carbocycles. The Morgan fingerprint density at radius 2 is 2.16 bits per heavy atom. The van der Waals surface area contributed by atoms with Crippen LogP contribution in [-0.4, -0.2) is 38.0 Å². The van der Waals surface area contributed by atoms with Crippen LogP contribution >= 0.6 is 11.3 Å². The maximum absolute atomic E-state index is 4.77. The largest absolute Gasteiger partial charge is 0.365 e. The minimum absolute atomic E-state index is 0.403. The quantitative estimate of drug-likeness (QED) is 0.748. The number of hydrogen-bond donors (Lipinski definition) is 2. The molecule has 2 atom stereocenters. The van der Waals surface area contributed by atoms with Crippen molar-refractivity contribution in [2.75, 3.05) is 11.9 Å². The summed E-state index contributed by atoms with van der Waals surface area (Å²) in [5, 5.41) is 7.02. The summed E-state index contributed by atoms with van der Waals surface area (Å²) in [6.07, 6.45) is 9.99. The van der Waals surface area contributed by atoms with Crippen LogP contribution in [0.3, 0.4) is 0 Å². The lowest BCUT2D eigenvalue weighted by atomic mass is 10.0. The summed E-state index contributed by atoms with van der Waals surface area (Å²) in [7, 11) is 0. The first-order chi connectivity index (χ1) is 12.1. The van der Waals surface area contributed by atoms with Crippen molar-refractivity contribution >= 4 is 22.1 Å². The number of nitrogens with one attached hydrogen (secondary N) is 2. The Morgan fingerprint density at radius 3 is 2.92 bits per heavy atom. The molecule has 4 heterocycles. The van der Waals surface area contributed by atoms with Gasteiger partial charge in [-0.1, -0.05) is 13.8 Å². The maximum atomic E-state index is 4.77. The third kappa shape index (κ3) is 3.39. The first kappa shape index (κ1) is 16.5. The molecule has 2 N–H and O–H groups in total. The molecule has 7 heteroatoms. The zero-order valence-corrected chi connectivity index (χ0v) is 15.7. The van der Waals surface area contributed by atoms with E-state index in [1.165, 1.54) is 11.3 Å². The van der Waals surface area contributed by atoms with E-state index < -0.39 is 0 Å². The Balaban J connectivity index is 1.59. The Kier molecular flexibility index (Phi) is 4.43. The number of nitrogens with zero attached hydrogens (tertiary/aromatic N) is 4. The molecule has 1 fully saturated rings. The van der Waals surface area contributed by atoms with Crippen LogP contribution in [0.4, 0.5) is 5.82 Å². The fourth-order valence-corrected chi connectivity index (χ4v) is 4.11. The summed E-state index contributed by atoms with van der Waals surface area (Å²) in [6, 6.07) is 1.00. The van der Waals surface area contributed by atoms with Gasteiger partial charge in [-0.25, -0.2) is 9.97 Å². The second-order valence-corrected chi connectivity index (χ2v) is 8.14. The highest BCUT2D eigenvalue weighted by Crippen LogP contribution is 2.29. The van der Waals surface area contributed by atoms with Gasteiger partial charge >= 0.3 is 0 Å². The van der Waals surface area contributed by atoms with E-state index >= 15 is 0 Å². The molecule has 0 bridgehead atoms. The van der Waals surface area contributed by atoms with Crippen LogP contribution in [-0.2, 0) is 0 Å². The molecule has 132 valence electrons. The van der Waals surface area contributed by atoms with Crippen molar-refractivity contribution in [2.24, 2.45) is 0 Å². The average Bonchev–Trinajstić information content (AvgIpc) is 3.18. The summed E-state index contributed by atoms with van der Waals surface area (Å²) in [5.74, 6) is 1.33. The highest BCUT2D eigenvalue weighted by molar-refractivity contribution is 7.17. The van der Waals surface area contributed by atoms with Gasteiger partial charge in [0.1, 0.15) is 11.5 Å². The fraction of sp³-hybridized carbons (Fsp3) is 0.500. The van der Waals surface area contributed by atoms with Crippen LogP contribution in [0.5, 0.6) is 0 Å². The summed E-state index contributed by atoms with van der Waals surface area (Å²) < 4.78 is 2.12. The Morgan fingerprint density at radius 1 is 1.28 bits per heavy atom. The van der Waals surface area contributed by atoms with Crippen molar-refractivity contribution in [1.29, 1.82) is 0 Å². The second kappa shape index (κ2) is 6.72. The van der Waals surface area contributed by atoms with Crippen LogP contribution < -0.4 is 10.6 Å². The number of anilines is 1. The van der Waals surface area contributed by atoms with E-state index in [1.807, 2.05) is 12.4 Å². The van der Waals surface area contributed by atoms with Gasteiger partial charge in [0.15, 0.2) is 4.96 Å². The van der Waals surface area contributed by atoms with E-state index in [-0.39, 0.29) is 0 Å². The van der Waals surface area contributed by atoms with Crippen LogP contribution in [0.2, 0.25) is 0 Å². The van der Waals surface area contributed by atoms with E-state index in [0.29, 0.717) is 18.0 Å². The molecule has 6 nitrogen and oxygen atoms in total. The van der Waals surface area contributed by atoms with E-state index in [4.69, 9.17) is 4.98 Å². The number of aromatic nitrogens is 4. The van der Waals surface area contributed by atoms with Crippen LogP contribution in [0.1, 0.15) is 44.4 Å². The van der Waals surface area contributed by atoms with E-state index in [0.717, 1.165) is 35.1 Å². The fourth-order valence-electron chi connectivity index (χ4n) is 3.15. The molecule has 2 unspecified atom stereocenters. The first-order valence-corrected chi connectivity index (χ1v) is 9.71. The smallest absolute Gasteiger partial charge is 0.194 e. The summed E-state index contributed by atoms with van der Waals surface area (Å²) in [4.78, 5) is 16.0. The Hall–Kier alpha value is -1.99. The minimum Gasteiger partial charge on any atom is -0.365 e. The van der Waals surface area contributed by atoms with Crippen LogP contribution in [0, 0.1) is 0 Å². The van der Waals surface area contributed by atoms with E-state index in [9.17, 15) is 0 Å². The van der Waals surface area contributed by atoms with Crippen molar-refractivity contribution < 1.29 is 0 Å². The molecule has 3 aromatic heterocycles. The molecular weight excluding hydrogens is 332 g/mol. The SMILES string of the molecule is CC1CCC(Nc2cncc(-c3cnc4sc(C(C)C)cn34)n2)CN1. The third-order valence-electron chi connectivity index (χ3n) is 4.71. The number of thiazole rings is 1. The van der Waals surface area contributed by atoms with E-state index in [2.05, 4.69) is 52.0 Å². The lowest BCUT2D eigenvalue weighted by Gasteiger charge is -2.28. The number of hydrogen-bond acceptors (Lipinski definition) is 6. The Bertz CT molecular complexity index is 859. The van der Waals surface area contributed by atoms with Crippen molar-refractivity contribution in [1.82, 2.24) is 24.7 Å². The van der Waals surface area contributed by atoms with E-state index in [1.54, 1.807) is 17.5 Å². The highest BCUT2D eigenvalue weighted by Gasteiger charge is 2.18. The molecule has 0 amide bonds. The molecular formula is C18H24N6S. The van der Waals surface area contributed by atoms with Gasteiger partial charge in [-0.15, -0.1) is 11.3 Å². The van der Waals surface area contributed by atoms with Crippen molar-refractivity contribution in [2.45, 2.75) is 51.6 Å². The molecule has 0 aromatic carbocycles. The summed E-state index contributed by atoms with van der Waals surface area (Å²) in [5.41, 5.74) is 1.84. The van der Waals surface area contributed by atoms with Gasteiger partial charge in [-0.3, -0.25) is 9.38 Å². The van der Waals surface area contributed by atoms with Gasteiger partial charge in [0, 0.05) is 29.7 Å². The van der Waals surface area contributed by atoms with Gasteiger partial charge in [0.25, 0.3) is 0 Å². The summed E-state index contributed by atoms with van der Waals surface area (Å²) in [6.45, 7) is 7.60. The van der Waals surface area contributed by atoms with Crippen molar-refractivity contribution in [3.8, 4) is 11.4 Å². The molecule has 1 aliphatic heterocycles. The molecule has 25 heavy (non-hydrogen) atoms. The normalized spacial score (nSPS) is 21.1. The van der Waals surface area contributed by atoms with Gasteiger partial charge in [-0.05, 0) is 25.7 Å². The van der Waals surface area contributed by atoms with Crippen molar-refractivity contribution in [3.63, 3.8) is 0 Å². The van der Waals surface area contributed by atoms with Gasteiger partial charge in [0.2, 0.25) is 0 Å². The Labute approximate surface area is 151 Å². The zero-order chi connectivity index (χ0) is 17.4. The van der Waals surface area contributed by atoms with Gasteiger partial charge in [-0.2, -0.15) is 0 Å². The third-order valence-corrected chi connectivity index (χ3v) is 6.00. The number of piperidine rings is 1. The monoisotopic (exact) mass is 356 g/mol. The maximum Gasteiger partial charge on any atom is 0.194 e. The molecule has 0 spiro atoms. The number of rotatable bonds is 4. The predicted molar refractivity (Wildman–Crippen MR) is 102 cm³/mol. The van der Waals surface area contributed by atoms with Crippen LogP contribution in [0.15, 0.2) is 24.8 Å². The van der Waals surface area contributed by atoms with Crippen LogP contribution in [0.25, 0.3) is 16.3 Å². The summed E-state index contributed by atoms with van der Waals surface area (Å²) >= 11 is 1.73. The number of imidazole rings is 1. The van der Waals surface area contributed by atoms with Crippen molar-refractivity contribution in [3.05, 3.63) is 29.7 Å². The van der Waals surface area contributed by atoms with Gasteiger partial charge < -0.3 is 10.6 Å². The minimum atomic E-state index is 0.403. The topological polar surface area (TPSA) is 67.1 Å². The molecule has 1 saturated heterocycles. The molecule has 0 radical (unpaired) electrons. The second-order valence-electron chi connectivity index (χ2n) is 7.10. The molecule has 3 aromatic rings. The standard InChI is InChI=1S/C18H24N6S/c1-11(2)16-10-24-15(8-21-18(24)25-16)14-7-19-9-17(23-14)22-13-5-4-12(3)20-6-13/h7-13,20H,4-6H2,1-3H3,(H,22,23). The highest BCUT2D eigenvalue weighted by atomic mass is 32.1. The predicted octanol–water partition coefficient (Wildman–Crippen LogP) is 3.53. The lowest BCUT2D eigenvalue weighted by molar-refractivity contribution is 0.398. The zero-order valence-electron chi connectivity index (χ0n) is 14.9. The number of fused-ring (bicyclic) bond motifs is 1. The molecule has 1 aliphatic rings. The first-order valence-electron chi connectivity index (χ1n) is 8.89. The molecule has 4 rings (SSSR count). The molecule has 0 aliphatic carbocycles. The van der Waals surface area contributed by atoms with Gasteiger partial charge in [0.05, 0.1) is 24.3 Å². The lowest BCUT2D eigenvalue weighted by Crippen LogP contribution is -2.43.